The van der Waals surface area contributed by atoms with Crippen molar-refractivity contribution < 1.29 is 0 Å². The highest BCUT2D eigenvalue weighted by Gasteiger charge is 1.81. The van der Waals surface area contributed by atoms with Gasteiger partial charge in [-0.1, -0.05) is 97.1 Å². The normalized spacial score (nSPS) is 11.8. The van der Waals surface area contributed by atoms with Crippen LogP contribution in [0.25, 0.3) is 12.2 Å². The van der Waals surface area contributed by atoms with Gasteiger partial charge in [0.05, 0.1) is 0 Å². The van der Waals surface area contributed by atoms with E-state index in [1.165, 1.54) is 11.1 Å². The van der Waals surface area contributed by atoms with E-state index in [9.17, 15) is 0 Å². The molecule has 0 aliphatic rings. The van der Waals surface area contributed by atoms with Crippen molar-refractivity contribution in [2.24, 2.45) is 0 Å². The van der Waals surface area contributed by atoms with E-state index in [1.807, 2.05) is 24.3 Å². The van der Waals surface area contributed by atoms with Crippen LogP contribution in [-0.4, -0.2) is 0 Å². The fourth-order valence-electron chi connectivity index (χ4n) is 1.73. The fourth-order valence-corrected chi connectivity index (χ4v) is 1.73. The zero-order valence-corrected chi connectivity index (χ0v) is 10.9. The van der Waals surface area contributed by atoms with Crippen LogP contribution >= 0.6 is 0 Å². The molecule has 0 heterocycles. The Hall–Kier alpha value is -2.34. The van der Waals surface area contributed by atoms with Gasteiger partial charge in [0, 0.05) is 0 Å². The Morgan fingerprint density at radius 2 is 1.16 bits per heavy atom. The second-order valence-corrected chi connectivity index (χ2v) is 4.25. The molecule has 0 nitrogen and oxygen atoms in total. The van der Waals surface area contributed by atoms with Gasteiger partial charge in [0.25, 0.3) is 0 Å². The summed E-state index contributed by atoms with van der Waals surface area (Å²) in [6.45, 7) is 0. The van der Waals surface area contributed by atoms with E-state index in [0.717, 1.165) is 6.42 Å². The van der Waals surface area contributed by atoms with Gasteiger partial charge in [-0.25, -0.2) is 0 Å². The standard InChI is InChI=1S/C19H18/c1(2-6-12-18-14-8-4-9-15-18)3-7-13-19-16-10-5-11-17-19/h1-2,4-17H,3H2/b2-1+,12-6+,13-7+. The zero-order chi connectivity index (χ0) is 13.2. The van der Waals surface area contributed by atoms with Crippen molar-refractivity contribution in [2.45, 2.75) is 6.42 Å². The molecule has 0 saturated heterocycles. The first-order valence-electron chi connectivity index (χ1n) is 6.55. The highest BCUT2D eigenvalue weighted by atomic mass is 13.9. The Bertz CT molecular complexity index is 545. The number of allylic oxidation sites excluding steroid dienone is 4. The smallest absolute Gasteiger partial charge is 0.0163 e. The topological polar surface area (TPSA) is 0 Å². The van der Waals surface area contributed by atoms with Crippen molar-refractivity contribution in [2.75, 3.05) is 0 Å². The van der Waals surface area contributed by atoms with E-state index >= 15 is 0 Å². The van der Waals surface area contributed by atoms with Crippen molar-refractivity contribution in [1.29, 1.82) is 0 Å². The average molecular weight is 246 g/mol. The van der Waals surface area contributed by atoms with Crippen molar-refractivity contribution in [1.82, 2.24) is 0 Å². The van der Waals surface area contributed by atoms with E-state index in [2.05, 4.69) is 72.9 Å². The molecule has 0 spiro atoms. The van der Waals surface area contributed by atoms with Gasteiger partial charge < -0.3 is 0 Å². The first-order valence-corrected chi connectivity index (χ1v) is 6.55. The minimum Gasteiger partial charge on any atom is -0.0807 e. The first kappa shape index (κ1) is 13.1. The second kappa shape index (κ2) is 7.88. The minimum absolute atomic E-state index is 0.952. The molecule has 94 valence electrons. The third kappa shape index (κ3) is 5.22. The first-order chi connectivity index (χ1) is 9.45. The molecular weight excluding hydrogens is 228 g/mol. The third-order valence-corrected chi connectivity index (χ3v) is 2.72. The maximum Gasteiger partial charge on any atom is -0.0163 e. The Balaban J connectivity index is 1.75. The molecule has 0 fully saturated rings. The summed E-state index contributed by atoms with van der Waals surface area (Å²) in [5.74, 6) is 0. The van der Waals surface area contributed by atoms with E-state index in [1.54, 1.807) is 0 Å². The molecule has 2 aromatic rings. The monoisotopic (exact) mass is 246 g/mol. The quantitative estimate of drug-likeness (QED) is 0.623. The predicted molar refractivity (Wildman–Crippen MR) is 84.7 cm³/mol. The van der Waals surface area contributed by atoms with Crippen LogP contribution < -0.4 is 0 Å². The maximum absolute atomic E-state index is 2.17. The molecule has 0 N–H and O–H groups in total. The van der Waals surface area contributed by atoms with E-state index in [0.29, 0.717) is 0 Å². The summed E-state index contributed by atoms with van der Waals surface area (Å²) in [6, 6.07) is 20.7. The van der Waals surface area contributed by atoms with Gasteiger partial charge in [0.1, 0.15) is 0 Å². The van der Waals surface area contributed by atoms with Crippen LogP contribution in [0.3, 0.4) is 0 Å². The highest BCUT2D eigenvalue weighted by molar-refractivity contribution is 5.51. The van der Waals surface area contributed by atoms with Crippen LogP contribution in [0.2, 0.25) is 0 Å². The van der Waals surface area contributed by atoms with E-state index in [4.69, 9.17) is 0 Å². The number of rotatable bonds is 5. The minimum atomic E-state index is 0.952. The summed E-state index contributed by atoms with van der Waals surface area (Å²) >= 11 is 0. The van der Waals surface area contributed by atoms with Crippen molar-refractivity contribution >= 4 is 12.2 Å². The lowest BCUT2D eigenvalue weighted by Gasteiger charge is -1.90. The van der Waals surface area contributed by atoms with Crippen LogP contribution in [0.1, 0.15) is 17.5 Å². The molecule has 0 heteroatoms. The molecule has 19 heavy (non-hydrogen) atoms. The van der Waals surface area contributed by atoms with Crippen molar-refractivity contribution in [3.8, 4) is 0 Å². The van der Waals surface area contributed by atoms with Gasteiger partial charge in [0.2, 0.25) is 0 Å². The SMILES string of the molecule is C(/C=C/c1ccccc1)=C\C/C=C/c1ccccc1. The Kier molecular flexibility index (Phi) is 5.44. The Morgan fingerprint density at radius 3 is 1.79 bits per heavy atom. The zero-order valence-electron chi connectivity index (χ0n) is 10.9. The second-order valence-electron chi connectivity index (χ2n) is 4.25. The molecule has 0 aliphatic carbocycles. The number of hydrogen-bond acceptors (Lipinski definition) is 0. The molecule has 2 rings (SSSR count). The maximum atomic E-state index is 2.17. The lowest BCUT2D eigenvalue weighted by Crippen LogP contribution is -1.68. The Morgan fingerprint density at radius 1 is 0.579 bits per heavy atom. The van der Waals surface area contributed by atoms with Crippen molar-refractivity contribution in [3.05, 3.63) is 96.1 Å². The van der Waals surface area contributed by atoms with Crippen molar-refractivity contribution in [3.63, 3.8) is 0 Å². The van der Waals surface area contributed by atoms with Crippen LogP contribution in [0.15, 0.2) is 85.0 Å². The van der Waals surface area contributed by atoms with Gasteiger partial charge >= 0.3 is 0 Å². The molecule has 0 aliphatic heterocycles. The summed E-state index contributed by atoms with van der Waals surface area (Å²) in [4.78, 5) is 0. The molecule has 0 unspecified atom stereocenters. The lowest BCUT2D eigenvalue weighted by molar-refractivity contribution is 1.41. The molecular formula is C19H18. The van der Waals surface area contributed by atoms with Gasteiger partial charge in [-0.15, -0.1) is 0 Å². The van der Waals surface area contributed by atoms with Gasteiger partial charge in [-0.2, -0.15) is 0 Å². The number of benzene rings is 2. The van der Waals surface area contributed by atoms with Crippen LogP contribution in [-0.2, 0) is 0 Å². The van der Waals surface area contributed by atoms with E-state index < -0.39 is 0 Å². The van der Waals surface area contributed by atoms with Gasteiger partial charge in [0.15, 0.2) is 0 Å². The Labute approximate surface area is 115 Å². The molecule has 0 radical (unpaired) electrons. The van der Waals surface area contributed by atoms with Crippen LogP contribution in [0.5, 0.6) is 0 Å². The predicted octanol–water partition coefficient (Wildman–Crippen LogP) is 5.36. The van der Waals surface area contributed by atoms with E-state index in [-0.39, 0.29) is 0 Å². The summed E-state index contributed by atoms with van der Waals surface area (Å²) in [7, 11) is 0. The summed E-state index contributed by atoms with van der Waals surface area (Å²) in [6.07, 6.45) is 13.7. The summed E-state index contributed by atoms with van der Waals surface area (Å²) in [5, 5.41) is 0. The number of hydrogen-bond donors (Lipinski definition) is 0. The summed E-state index contributed by atoms with van der Waals surface area (Å²) < 4.78 is 0. The molecule has 0 bridgehead atoms. The molecule has 0 aromatic heterocycles. The largest absolute Gasteiger partial charge is 0.0807 e. The van der Waals surface area contributed by atoms with Gasteiger partial charge in [-0.05, 0) is 17.5 Å². The average Bonchev–Trinajstić information content (AvgIpc) is 2.48. The molecule has 0 atom stereocenters. The molecule has 0 saturated carbocycles. The summed E-state index contributed by atoms with van der Waals surface area (Å²) in [5.41, 5.74) is 2.47. The van der Waals surface area contributed by atoms with Gasteiger partial charge in [-0.3, -0.25) is 0 Å². The highest BCUT2D eigenvalue weighted by Crippen LogP contribution is 2.03. The lowest BCUT2D eigenvalue weighted by atomic mass is 10.2. The molecule has 0 amide bonds. The van der Waals surface area contributed by atoms with Crippen LogP contribution in [0.4, 0.5) is 0 Å². The fraction of sp³-hybridized carbons (Fsp3) is 0.0526. The third-order valence-electron chi connectivity index (χ3n) is 2.72. The molecule has 2 aromatic carbocycles. The van der Waals surface area contributed by atoms with Crippen LogP contribution in [0, 0.1) is 0 Å².